The Labute approximate surface area is 129 Å². The van der Waals surface area contributed by atoms with E-state index in [0.717, 1.165) is 35.5 Å². The Morgan fingerprint density at radius 1 is 1.09 bits per heavy atom. The summed E-state index contributed by atoms with van der Waals surface area (Å²) >= 11 is 0. The van der Waals surface area contributed by atoms with Crippen molar-refractivity contribution in [3.05, 3.63) is 42.5 Å². The van der Waals surface area contributed by atoms with E-state index in [9.17, 15) is 0 Å². The number of oxazole rings is 1. The van der Waals surface area contributed by atoms with Gasteiger partial charge in [-0.25, -0.2) is 4.98 Å². The molecule has 0 aliphatic carbocycles. The third-order valence-electron chi connectivity index (χ3n) is 4.16. The molecule has 112 valence electrons. The molecule has 0 saturated carbocycles. The lowest BCUT2D eigenvalue weighted by Gasteiger charge is -2.16. The lowest BCUT2D eigenvalue weighted by Crippen LogP contribution is -2.17. The molecule has 1 aromatic heterocycles. The predicted molar refractivity (Wildman–Crippen MR) is 87.4 cm³/mol. The number of aromatic nitrogens is 1. The Bertz CT molecular complexity index is 804. The van der Waals surface area contributed by atoms with Gasteiger partial charge in [-0.1, -0.05) is 6.07 Å². The van der Waals surface area contributed by atoms with Crippen LogP contribution in [0.25, 0.3) is 22.6 Å². The van der Waals surface area contributed by atoms with Crippen LogP contribution in [0.3, 0.4) is 0 Å². The zero-order valence-electron chi connectivity index (χ0n) is 12.6. The Hall–Kier alpha value is -2.49. The number of ether oxygens (including phenoxy) is 1. The van der Waals surface area contributed by atoms with E-state index < -0.39 is 0 Å². The molecule has 0 bridgehead atoms. The monoisotopic (exact) mass is 294 g/mol. The van der Waals surface area contributed by atoms with Crippen LogP contribution >= 0.6 is 0 Å². The fourth-order valence-electron chi connectivity index (χ4n) is 2.96. The fourth-order valence-corrected chi connectivity index (χ4v) is 2.96. The Morgan fingerprint density at radius 3 is 2.77 bits per heavy atom. The summed E-state index contributed by atoms with van der Waals surface area (Å²) in [6.45, 7) is 2.25. The topological polar surface area (TPSA) is 38.5 Å². The van der Waals surface area contributed by atoms with E-state index in [0.29, 0.717) is 5.89 Å². The molecule has 1 saturated heterocycles. The van der Waals surface area contributed by atoms with Crippen LogP contribution in [0.4, 0.5) is 5.69 Å². The molecule has 0 radical (unpaired) electrons. The van der Waals surface area contributed by atoms with E-state index in [1.165, 1.54) is 18.5 Å². The molecule has 4 rings (SSSR count). The summed E-state index contributed by atoms with van der Waals surface area (Å²) in [6.07, 6.45) is 2.53. The van der Waals surface area contributed by atoms with Crippen molar-refractivity contribution in [3.63, 3.8) is 0 Å². The molecular weight excluding hydrogens is 276 g/mol. The lowest BCUT2D eigenvalue weighted by atomic mass is 10.2. The van der Waals surface area contributed by atoms with Gasteiger partial charge >= 0.3 is 0 Å². The molecule has 0 amide bonds. The lowest BCUT2D eigenvalue weighted by molar-refractivity contribution is 0.415. The van der Waals surface area contributed by atoms with Gasteiger partial charge in [0, 0.05) is 30.4 Å². The van der Waals surface area contributed by atoms with E-state index in [1.54, 1.807) is 7.11 Å². The minimum Gasteiger partial charge on any atom is -0.497 e. The second-order valence-electron chi connectivity index (χ2n) is 5.60. The van der Waals surface area contributed by atoms with Crippen LogP contribution in [0.5, 0.6) is 5.75 Å². The standard InChI is InChI=1S/C18H18N2O2/c1-21-15-6-4-5-13(11-15)18-19-16-8-7-14(12-17(16)22-18)20-9-2-3-10-20/h4-8,11-12H,2-3,9-10H2,1H3. The molecule has 3 aromatic rings. The second kappa shape index (κ2) is 5.37. The molecule has 0 atom stereocenters. The minimum atomic E-state index is 0.632. The second-order valence-corrected chi connectivity index (χ2v) is 5.60. The highest BCUT2D eigenvalue weighted by Crippen LogP contribution is 2.30. The molecular formula is C18H18N2O2. The molecule has 22 heavy (non-hydrogen) atoms. The molecule has 0 N–H and O–H groups in total. The number of methoxy groups -OCH3 is 1. The van der Waals surface area contributed by atoms with E-state index >= 15 is 0 Å². The van der Waals surface area contributed by atoms with E-state index in [1.807, 2.05) is 30.3 Å². The first-order valence-corrected chi connectivity index (χ1v) is 7.63. The zero-order valence-corrected chi connectivity index (χ0v) is 12.6. The maximum absolute atomic E-state index is 5.96. The van der Waals surface area contributed by atoms with Gasteiger partial charge in [0.2, 0.25) is 5.89 Å². The minimum absolute atomic E-state index is 0.632. The van der Waals surface area contributed by atoms with Crippen molar-refractivity contribution in [2.75, 3.05) is 25.1 Å². The van der Waals surface area contributed by atoms with Crippen molar-refractivity contribution >= 4 is 16.8 Å². The van der Waals surface area contributed by atoms with Crippen LogP contribution in [0.1, 0.15) is 12.8 Å². The average molecular weight is 294 g/mol. The highest BCUT2D eigenvalue weighted by molar-refractivity contribution is 5.80. The molecule has 4 nitrogen and oxygen atoms in total. The molecule has 2 heterocycles. The van der Waals surface area contributed by atoms with E-state index in [-0.39, 0.29) is 0 Å². The van der Waals surface area contributed by atoms with Crippen LogP contribution in [0.15, 0.2) is 46.9 Å². The van der Waals surface area contributed by atoms with Crippen molar-refractivity contribution in [2.24, 2.45) is 0 Å². The summed E-state index contributed by atoms with van der Waals surface area (Å²) in [7, 11) is 1.66. The van der Waals surface area contributed by atoms with Crippen molar-refractivity contribution < 1.29 is 9.15 Å². The van der Waals surface area contributed by atoms with Gasteiger partial charge in [0.05, 0.1) is 7.11 Å². The van der Waals surface area contributed by atoms with Gasteiger partial charge in [-0.2, -0.15) is 0 Å². The van der Waals surface area contributed by atoms with Gasteiger partial charge in [-0.3, -0.25) is 0 Å². The van der Waals surface area contributed by atoms with Gasteiger partial charge in [-0.05, 0) is 43.2 Å². The number of anilines is 1. The van der Waals surface area contributed by atoms with E-state index in [2.05, 4.69) is 22.0 Å². The maximum Gasteiger partial charge on any atom is 0.227 e. The quantitative estimate of drug-likeness (QED) is 0.729. The molecule has 1 fully saturated rings. The van der Waals surface area contributed by atoms with Crippen LogP contribution in [0.2, 0.25) is 0 Å². The SMILES string of the molecule is COc1cccc(-c2nc3ccc(N4CCCC4)cc3o2)c1. The van der Waals surface area contributed by atoms with Crippen LogP contribution in [-0.2, 0) is 0 Å². The summed E-state index contributed by atoms with van der Waals surface area (Å²) in [4.78, 5) is 6.98. The van der Waals surface area contributed by atoms with Crippen molar-refractivity contribution in [1.29, 1.82) is 0 Å². The normalized spacial score (nSPS) is 14.7. The van der Waals surface area contributed by atoms with Crippen molar-refractivity contribution in [2.45, 2.75) is 12.8 Å². The van der Waals surface area contributed by atoms with Crippen LogP contribution < -0.4 is 9.64 Å². The summed E-state index contributed by atoms with van der Waals surface area (Å²) in [5.74, 6) is 1.44. The number of hydrogen-bond donors (Lipinski definition) is 0. The first-order chi connectivity index (χ1) is 10.8. The van der Waals surface area contributed by atoms with E-state index in [4.69, 9.17) is 9.15 Å². The smallest absolute Gasteiger partial charge is 0.227 e. The molecule has 0 unspecified atom stereocenters. The first-order valence-electron chi connectivity index (χ1n) is 7.63. The van der Waals surface area contributed by atoms with Gasteiger partial charge in [-0.15, -0.1) is 0 Å². The summed E-state index contributed by atoms with van der Waals surface area (Å²) in [5, 5.41) is 0. The zero-order chi connectivity index (χ0) is 14.9. The average Bonchev–Trinajstić information content (AvgIpc) is 3.23. The molecule has 0 spiro atoms. The number of benzene rings is 2. The van der Waals surface area contributed by atoms with Crippen LogP contribution in [0, 0.1) is 0 Å². The summed E-state index contributed by atoms with van der Waals surface area (Å²) < 4.78 is 11.2. The number of hydrogen-bond acceptors (Lipinski definition) is 4. The Balaban J connectivity index is 1.73. The highest BCUT2D eigenvalue weighted by atomic mass is 16.5. The van der Waals surface area contributed by atoms with Gasteiger partial charge < -0.3 is 14.1 Å². The number of rotatable bonds is 3. The Morgan fingerprint density at radius 2 is 1.95 bits per heavy atom. The third-order valence-corrected chi connectivity index (χ3v) is 4.16. The first kappa shape index (κ1) is 13.2. The van der Waals surface area contributed by atoms with Crippen LogP contribution in [-0.4, -0.2) is 25.2 Å². The van der Waals surface area contributed by atoms with Gasteiger partial charge in [0.15, 0.2) is 5.58 Å². The van der Waals surface area contributed by atoms with Crippen molar-refractivity contribution in [3.8, 4) is 17.2 Å². The molecule has 2 aromatic carbocycles. The molecule has 1 aliphatic rings. The fraction of sp³-hybridized carbons (Fsp3) is 0.278. The maximum atomic E-state index is 5.96. The van der Waals surface area contributed by atoms with Crippen molar-refractivity contribution in [1.82, 2.24) is 4.98 Å². The Kier molecular flexibility index (Phi) is 3.22. The summed E-state index contributed by atoms with van der Waals surface area (Å²) in [6, 6.07) is 14.0. The predicted octanol–water partition coefficient (Wildman–Crippen LogP) is 4.10. The summed E-state index contributed by atoms with van der Waals surface area (Å²) in [5.41, 5.74) is 3.87. The molecule has 4 heteroatoms. The number of nitrogens with zero attached hydrogens (tertiary/aromatic N) is 2. The number of fused-ring (bicyclic) bond motifs is 1. The highest BCUT2D eigenvalue weighted by Gasteiger charge is 2.15. The largest absolute Gasteiger partial charge is 0.497 e. The molecule has 1 aliphatic heterocycles. The third kappa shape index (κ3) is 2.30. The van der Waals surface area contributed by atoms with Gasteiger partial charge in [0.1, 0.15) is 11.3 Å². The van der Waals surface area contributed by atoms with Gasteiger partial charge in [0.25, 0.3) is 0 Å².